The van der Waals surface area contributed by atoms with E-state index < -0.39 is 0 Å². The van der Waals surface area contributed by atoms with Gasteiger partial charge in [-0.15, -0.1) is 0 Å². The van der Waals surface area contributed by atoms with Crippen molar-refractivity contribution in [2.45, 2.75) is 6.54 Å². The van der Waals surface area contributed by atoms with Crippen LogP contribution >= 0.6 is 0 Å². The molecule has 1 aromatic heterocycles. The lowest BCUT2D eigenvalue weighted by Gasteiger charge is -2.02. The zero-order chi connectivity index (χ0) is 12.3. The monoisotopic (exact) mass is 227 g/mol. The Kier molecular flexibility index (Phi) is 2.93. The van der Waals surface area contributed by atoms with Gasteiger partial charge in [0.1, 0.15) is 6.07 Å². The van der Waals surface area contributed by atoms with Crippen LogP contribution in [0.4, 0.5) is 0 Å². The molecule has 0 amide bonds. The number of phenols is 2. The summed E-state index contributed by atoms with van der Waals surface area (Å²) < 4.78 is 1.75. The van der Waals surface area contributed by atoms with E-state index in [1.807, 2.05) is 18.2 Å². The van der Waals surface area contributed by atoms with Gasteiger partial charge >= 0.3 is 0 Å². The molecule has 4 nitrogen and oxygen atoms in total. The Morgan fingerprint density at radius 1 is 1.00 bits per heavy atom. The molecule has 2 N–H and O–H groups in total. The molecule has 0 fully saturated rings. The molecule has 2 aromatic rings. The number of aromatic nitrogens is 1. The number of hydrogen-bond donors (Lipinski definition) is 2. The summed E-state index contributed by atoms with van der Waals surface area (Å²) in [6.07, 6.45) is 3.59. The summed E-state index contributed by atoms with van der Waals surface area (Å²) in [6, 6.07) is 10.4. The van der Waals surface area contributed by atoms with E-state index in [1.165, 1.54) is 12.1 Å². The Balaban J connectivity index is 2.33. The van der Waals surface area contributed by atoms with Crippen LogP contribution in [0.1, 0.15) is 0 Å². The lowest BCUT2D eigenvalue weighted by molar-refractivity contribution is -0.685. The topological polar surface area (TPSA) is 68.1 Å². The molecule has 0 aliphatic carbocycles. The van der Waals surface area contributed by atoms with E-state index in [9.17, 15) is 10.2 Å². The highest BCUT2D eigenvalue weighted by atomic mass is 16.3. The third-order valence-corrected chi connectivity index (χ3v) is 2.45. The van der Waals surface area contributed by atoms with Crippen LogP contribution in [0.3, 0.4) is 0 Å². The van der Waals surface area contributed by atoms with E-state index in [0.29, 0.717) is 6.54 Å². The maximum atomic E-state index is 9.40. The van der Waals surface area contributed by atoms with Crippen molar-refractivity contribution >= 4 is 0 Å². The Bertz CT molecular complexity index is 571. The predicted molar refractivity (Wildman–Crippen MR) is 61.0 cm³/mol. The second kappa shape index (κ2) is 4.54. The van der Waals surface area contributed by atoms with Gasteiger partial charge in [0.25, 0.3) is 0 Å². The molecule has 0 saturated carbocycles. The number of pyridine rings is 1. The molecular formula is C13H11N2O2+. The molecule has 4 heteroatoms. The summed E-state index contributed by atoms with van der Waals surface area (Å²) in [5.41, 5.74) is 1.72. The smallest absolute Gasteiger partial charge is 0.233 e. The molecule has 0 unspecified atom stereocenters. The van der Waals surface area contributed by atoms with Crippen LogP contribution in [0.15, 0.2) is 42.7 Å². The molecule has 0 aliphatic heterocycles. The van der Waals surface area contributed by atoms with Crippen molar-refractivity contribution in [2.75, 3.05) is 0 Å². The first kappa shape index (κ1) is 11.0. The summed E-state index contributed by atoms with van der Waals surface area (Å²) in [5.74, 6) is -0.277. The SMILES string of the molecule is N#CC[n+]1ccc(-c2ccc(O)c(O)c2)cc1. The van der Waals surface area contributed by atoms with Crippen LogP contribution in [0, 0.1) is 11.3 Å². The molecule has 1 aromatic carbocycles. The maximum Gasteiger partial charge on any atom is 0.233 e. The second-order valence-electron chi connectivity index (χ2n) is 3.62. The summed E-state index contributed by atoms with van der Waals surface area (Å²) >= 11 is 0. The van der Waals surface area contributed by atoms with E-state index in [2.05, 4.69) is 0 Å². The third kappa shape index (κ3) is 2.34. The van der Waals surface area contributed by atoms with E-state index in [4.69, 9.17) is 5.26 Å². The minimum absolute atomic E-state index is 0.135. The average molecular weight is 227 g/mol. The highest BCUT2D eigenvalue weighted by Gasteiger charge is 2.05. The first-order valence-corrected chi connectivity index (χ1v) is 5.09. The lowest BCUT2D eigenvalue weighted by atomic mass is 10.1. The highest BCUT2D eigenvalue weighted by molar-refractivity contribution is 5.65. The number of nitriles is 1. The molecule has 0 atom stereocenters. The maximum absolute atomic E-state index is 9.40. The fourth-order valence-electron chi connectivity index (χ4n) is 1.54. The van der Waals surface area contributed by atoms with E-state index in [1.54, 1.807) is 23.0 Å². The molecular weight excluding hydrogens is 216 g/mol. The molecule has 17 heavy (non-hydrogen) atoms. The third-order valence-electron chi connectivity index (χ3n) is 2.45. The number of hydrogen-bond acceptors (Lipinski definition) is 3. The van der Waals surface area contributed by atoms with Crippen molar-refractivity contribution in [2.24, 2.45) is 0 Å². The van der Waals surface area contributed by atoms with Gasteiger partial charge < -0.3 is 10.2 Å². The molecule has 1 heterocycles. The standard InChI is InChI=1S/C13H10N2O2/c14-5-8-15-6-3-10(4-7-15)11-1-2-12(16)13(17)9-11/h1-4,6-7,9,17H,8H2/p+1. The lowest BCUT2D eigenvalue weighted by Crippen LogP contribution is -2.31. The zero-order valence-electron chi connectivity index (χ0n) is 9.04. The first-order chi connectivity index (χ1) is 8.20. The molecule has 0 aliphatic rings. The fraction of sp³-hybridized carbons (Fsp3) is 0.0769. The Hall–Kier alpha value is -2.54. The number of phenolic OH excluding ortho intramolecular Hbond substituents is 2. The van der Waals surface area contributed by atoms with Crippen LogP contribution < -0.4 is 4.57 Å². The van der Waals surface area contributed by atoms with Crippen LogP contribution in [-0.4, -0.2) is 10.2 Å². The van der Waals surface area contributed by atoms with Gasteiger partial charge in [-0.2, -0.15) is 9.83 Å². The second-order valence-corrected chi connectivity index (χ2v) is 3.62. The van der Waals surface area contributed by atoms with Crippen LogP contribution in [0.2, 0.25) is 0 Å². The van der Waals surface area contributed by atoms with Gasteiger partial charge in [0, 0.05) is 12.1 Å². The summed E-state index contributed by atoms with van der Waals surface area (Å²) in [7, 11) is 0. The van der Waals surface area contributed by atoms with Gasteiger partial charge in [0.15, 0.2) is 23.9 Å². The summed E-state index contributed by atoms with van der Waals surface area (Å²) in [6.45, 7) is 0.307. The van der Waals surface area contributed by atoms with Gasteiger partial charge in [0.05, 0.1) is 0 Å². The van der Waals surface area contributed by atoms with Crippen LogP contribution in [0.25, 0.3) is 11.1 Å². The molecule has 2 rings (SSSR count). The van der Waals surface area contributed by atoms with Crippen molar-refractivity contribution in [1.29, 1.82) is 5.26 Å². The van der Waals surface area contributed by atoms with Crippen molar-refractivity contribution in [3.05, 3.63) is 42.7 Å². The van der Waals surface area contributed by atoms with Gasteiger partial charge in [-0.1, -0.05) is 6.07 Å². The van der Waals surface area contributed by atoms with Crippen LogP contribution in [0.5, 0.6) is 11.5 Å². The highest BCUT2D eigenvalue weighted by Crippen LogP contribution is 2.29. The predicted octanol–water partition coefficient (Wildman–Crippen LogP) is 1.58. The molecule has 0 saturated heterocycles. The molecule has 0 bridgehead atoms. The van der Waals surface area contributed by atoms with Gasteiger partial charge in [-0.05, 0) is 23.3 Å². The zero-order valence-corrected chi connectivity index (χ0v) is 9.04. The van der Waals surface area contributed by atoms with Gasteiger partial charge in [-0.25, -0.2) is 0 Å². The number of rotatable bonds is 2. The Labute approximate surface area is 98.6 Å². The number of nitrogens with zero attached hydrogens (tertiary/aromatic N) is 2. The normalized spacial score (nSPS) is 9.82. The van der Waals surface area contributed by atoms with Gasteiger partial charge in [-0.3, -0.25) is 0 Å². The number of aromatic hydroxyl groups is 2. The van der Waals surface area contributed by atoms with Crippen molar-refractivity contribution in [3.8, 4) is 28.7 Å². The molecule has 84 valence electrons. The summed E-state index contributed by atoms with van der Waals surface area (Å²) in [4.78, 5) is 0. The minimum Gasteiger partial charge on any atom is -0.504 e. The number of benzene rings is 1. The van der Waals surface area contributed by atoms with Crippen LogP contribution in [-0.2, 0) is 6.54 Å². The first-order valence-electron chi connectivity index (χ1n) is 5.09. The average Bonchev–Trinajstić information content (AvgIpc) is 2.34. The van der Waals surface area contributed by atoms with Crippen molar-refractivity contribution in [3.63, 3.8) is 0 Å². The fourth-order valence-corrected chi connectivity index (χ4v) is 1.54. The Morgan fingerprint density at radius 3 is 2.29 bits per heavy atom. The largest absolute Gasteiger partial charge is 0.504 e. The van der Waals surface area contributed by atoms with E-state index in [0.717, 1.165) is 11.1 Å². The van der Waals surface area contributed by atoms with E-state index in [-0.39, 0.29) is 11.5 Å². The quantitative estimate of drug-likeness (QED) is 0.604. The molecule has 0 spiro atoms. The summed E-state index contributed by atoms with van der Waals surface area (Å²) in [5, 5.41) is 27.2. The Morgan fingerprint density at radius 2 is 1.71 bits per heavy atom. The van der Waals surface area contributed by atoms with Crippen molar-refractivity contribution in [1.82, 2.24) is 0 Å². The molecule has 0 radical (unpaired) electrons. The van der Waals surface area contributed by atoms with E-state index >= 15 is 0 Å². The van der Waals surface area contributed by atoms with Gasteiger partial charge in [0.2, 0.25) is 6.54 Å². The van der Waals surface area contributed by atoms with Crippen molar-refractivity contribution < 1.29 is 14.8 Å². The minimum atomic E-state index is -0.142.